The third kappa shape index (κ3) is 2.73. The molecule has 2 rings (SSSR count). The molecule has 0 bridgehead atoms. The van der Waals surface area contributed by atoms with E-state index in [1.54, 1.807) is 17.0 Å². The first-order valence-electron chi connectivity index (χ1n) is 7.44. The Balaban J connectivity index is 2.09. The predicted octanol–water partition coefficient (Wildman–Crippen LogP) is 2.27. The Bertz CT molecular complexity index is 510. The van der Waals surface area contributed by atoms with E-state index in [4.69, 9.17) is 4.74 Å². The SMILES string of the molecule is CCCn1ccnc(NC2CC(OCC)C2(C)C)c1=O. The van der Waals surface area contributed by atoms with Gasteiger partial charge in [-0.25, -0.2) is 4.98 Å². The lowest BCUT2D eigenvalue weighted by atomic mass is 9.64. The van der Waals surface area contributed by atoms with Gasteiger partial charge in [0.25, 0.3) is 5.56 Å². The fourth-order valence-corrected chi connectivity index (χ4v) is 2.74. The molecule has 0 amide bonds. The summed E-state index contributed by atoms with van der Waals surface area (Å²) in [4.78, 5) is 16.5. The predicted molar refractivity (Wildman–Crippen MR) is 80.0 cm³/mol. The first kappa shape index (κ1) is 15.0. The van der Waals surface area contributed by atoms with E-state index in [-0.39, 0.29) is 23.1 Å². The molecule has 0 spiro atoms. The number of aromatic nitrogens is 2. The number of aryl methyl sites for hydroxylation is 1. The summed E-state index contributed by atoms with van der Waals surface area (Å²) < 4.78 is 7.42. The van der Waals surface area contributed by atoms with E-state index in [1.807, 2.05) is 6.92 Å². The van der Waals surface area contributed by atoms with Gasteiger partial charge in [0, 0.05) is 37.0 Å². The second-order valence-electron chi connectivity index (χ2n) is 5.97. The van der Waals surface area contributed by atoms with E-state index in [0.717, 1.165) is 26.0 Å². The maximum Gasteiger partial charge on any atom is 0.293 e. The molecule has 1 heterocycles. The summed E-state index contributed by atoms with van der Waals surface area (Å²) in [7, 11) is 0. The lowest BCUT2D eigenvalue weighted by Gasteiger charge is -2.51. The molecular weight excluding hydrogens is 254 g/mol. The average molecular weight is 279 g/mol. The number of rotatable bonds is 6. The van der Waals surface area contributed by atoms with Crippen molar-refractivity contribution in [2.45, 2.75) is 59.2 Å². The van der Waals surface area contributed by atoms with Gasteiger partial charge in [0.15, 0.2) is 5.82 Å². The number of nitrogens with one attached hydrogen (secondary N) is 1. The van der Waals surface area contributed by atoms with Crippen molar-refractivity contribution in [2.75, 3.05) is 11.9 Å². The highest BCUT2D eigenvalue weighted by atomic mass is 16.5. The van der Waals surface area contributed by atoms with E-state index in [0.29, 0.717) is 5.82 Å². The van der Waals surface area contributed by atoms with Gasteiger partial charge in [-0.3, -0.25) is 4.79 Å². The second kappa shape index (κ2) is 5.95. The van der Waals surface area contributed by atoms with Gasteiger partial charge in [-0.2, -0.15) is 0 Å². The molecule has 5 heteroatoms. The summed E-state index contributed by atoms with van der Waals surface area (Å²) in [6.45, 7) is 9.87. The summed E-state index contributed by atoms with van der Waals surface area (Å²) in [5.41, 5.74) is -0.0137. The molecule has 2 unspecified atom stereocenters. The van der Waals surface area contributed by atoms with Crippen molar-refractivity contribution >= 4 is 5.82 Å². The highest BCUT2D eigenvalue weighted by molar-refractivity contribution is 5.35. The average Bonchev–Trinajstić information content (AvgIpc) is 2.42. The molecule has 112 valence electrons. The molecule has 1 fully saturated rings. The van der Waals surface area contributed by atoms with Crippen LogP contribution in [0.1, 0.15) is 40.5 Å². The Labute approximate surface area is 120 Å². The van der Waals surface area contributed by atoms with Gasteiger partial charge >= 0.3 is 0 Å². The van der Waals surface area contributed by atoms with Crippen LogP contribution in [-0.2, 0) is 11.3 Å². The highest BCUT2D eigenvalue weighted by Gasteiger charge is 2.49. The molecule has 1 saturated carbocycles. The molecule has 5 nitrogen and oxygen atoms in total. The zero-order valence-corrected chi connectivity index (χ0v) is 12.8. The molecule has 20 heavy (non-hydrogen) atoms. The Morgan fingerprint density at radius 3 is 2.85 bits per heavy atom. The molecule has 2 atom stereocenters. The maximum absolute atomic E-state index is 12.3. The van der Waals surface area contributed by atoms with E-state index in [2.05, 4.69) is 31.1 Å². The van der Waals surface area contributed by atoms with Gasteiger partial charge in [0.1, 0.15) is 0 Å². The molecule has 0 radical (unpaired) electrons. The van der Waals surface area contributed by atoms with Crippen molar-refractivity contribution < 1.29 is 4.74 Å². The number of hydrogen-bond acceptors (Lipinski definition) is 4. The van der Waals surface area contributed by atoms with Gasteiger partial charge in [-0.05, 0) is 19.8 Å². The summed E-state index contributed by atoms with van der Waals surface area (Å²) >= 11 is 0. The van der Waals surface area contributed by atoms with Crippen molar-refractivity contribution in [3.05, 3.63) is 22.7 Å². The van der Waals surface area contributed by atoms with Crippen LogP contribution in [0.25, 0.3) is 0 Å². The first-order chi connectivity index (χ1) is 9.50. The minimum absolute atomic E-state index is 0.0234. The number of anilines is 1. The van der Waals surface area contributed by atoms with Crippen molar-refractivity contribution in [1.82, 2.24) is 9.55 Å². The van der Waals surface area contributed by atoms with Crippen LogP contribution in [-0.4, -0.2) is 28.3 Å². The fourth-order valence-electron chi connectivity index (χ4n) is 2.74. The summed E-state index contributed by atoms with van der Waals surface area (Å²) in [6.07, 6.45) is 5.54. The molecule has 1 N–H and O–H groups in total. The first-order valence-corrected chi connectivity index (χ1v) is 7.44. The van der Waals surface area contributed by atoms with Crippen LogP contribution < -0.4 is 10.9 Å². The molecule has 0 aromatic carbocycles. The van der Waals surface area contributed by atoms with Crippen LogP contribution in [0.4, 0.5) is 5.82 Å². The van der Waals surface area contributed by atoms with E-state index < -0.39 is 0 Å². The lowest BCUT2D eigenvalue weighted by Crippen LogP contribution is -2.58. The Kier molecular flexibility index (Phi) is 4.48. The molecule has 1 aliphatic rings. The molecule has 0 saturated heterocycles. The Morgan fingerprint density at radius 1 is 1.50 bits per heavy atom. The minimum Gasteiger partial charge on any atom is -0.378 e. The van der Waals surface area contributed by atoms with E-state index in [1.165, 1.54) is 0 Å². The monoisotopic (exact) mass is 279 g/mol. The normalized spacial score (nSPS) is 24.2. The molecule has 1 aliphatic carbocycles. The topological polar surface area (TPSA) is 56.1 Å². The third-order valence-corrected chi connectivity index (χ3v) is 4.23. The summed E-state index contributed by atoms with van der Waals surface area (Å²) in [5.74, 6) is 0.453. The van der Waals surface area contributed by atoms with Crippen LogP contribution in [0.3, 0.4) is 0 Å². The van der Waals surface area contributed by atoms with Crippen molar-refractivity contribution in [2.24, 2.45) is 5.41 Å². The smallest absolute Gasteiger partial charge is 0.293 e. The number of nitrogens with zero attached hydrogens (tertiary/aromatic N) is 2. The van der Waals surface area contributed by atoms with Crippen molar-refractivity contribution in [3.63, 3.8) is 0 Å². The van der Waals surface area contributed by atoms with Crippen LogP contribution in [0.15, 0.2) is 17.2 Å². The maximum atomic E-state index is 12.3. The van der Waals surface area contributed by atoms with Gasteiger partial charge in [-0.15, -0.1) is 0 Å². The van der Waals surface area contributed by atoms with Crippen molar-refractivity contribution in [1.29, 1.82) is 0 Å². The minimum atomic E-state index is -0.0370. The standard InChI is InChI=1S/C15H25N3O2/c1-5-8-18-9-7-16-13(14(18)19)17-11-10-12(20-6-2)15(11,3)4/h7,9,11-12H,5-6,8,10H2,1-4H3,(H,16,17). The fraction of sp³-hybridized carbons (Fsp3) is 0.733. The zero-order valence-electron chi connectivity index (χ0n) is 12.8. The molecule has 0 aliphatic heterocycles. The van der Waals surface area contributed by atoms with Crippen LogP contribution in [0.2, 0.25) is 0 Å². The number of ether oxygens (including phenoxy) is 1. The number of hydrogen-bond donors (Lipinski definition) is 1. The lowest BCUT2D eigenvalue weighted by molar-refractivity contribution is -0.0977. The molecular formula is C15H25N3O2. The third-order valence-electron chi connectivity index (χ3n) is 4.23. The second-order valence-corrected chi connectivity index (χ2v) is 5.97. The van der Waals surface area contributed by atoms with Crippen LogP contribution in [0.5, 0.6) is 0 Å². The zero-order chi connectivity index (χ0) is 14.8. The van der Waals surface area contributed by atoms with Gasteiger partial charge in [0.2, 0.25) is 0 Å². The van der Waals surface area contributed by atoms with Gasteiger partial charge < -0.3 is 14.6 Å². The quantitative estimate of drug-likeness (QED) is 0.868. The largest absolute Gasteiger partial charge is 0.378 e. The van der Waals surface area contributed by atoms with Crippen LogP contribution >= 0.6 is 0 Å². The van der Waals surface area contributed by atoms with Gasteiger partial charge in [0.05, 0.1) is 6.10 Å². The summed E-state index contributed by atoms with van der Waals surface area (Å²) in [5, 5.41) is 3.30. The Hall–Kier alpha value is -1.36. The van der Waals surface area contributed by atoms with E-state index >= 15 is 0 Å². The molecule has 1 aromatic heterocycles. The highest BCUT2D eigenvalue weighted by Crippen LogP contribution is 2.43. The Morgan fingerprint density at radius 2 is 2.25 bits per heavy atom. The van der Waals surface area contributed by atoms with E-state index in [9.17, 15) is 4.79 Å². The van der Waals surface area contributed by atoms with Crippen LogP contribution in [0, 0.1) is 5.41 Å². The molecule has 1 aromatic rings. The van der Waals surface area contributed by atoms with Crippen molar-refractivity contribution in [3.8, 4) is 0 Å². The summed E-state index contributed by atoms with van der Waals surface area (Å²) in [6, 6.07) is 0.233. The van der Waals surface area contributed by atoms with Gasteiger partial charge in [-0.1, -0.05) is 20.8 Å².